The van der Waals surface area contributed by atoms with Gasteiger partial charge in [-0.2, -0.15) is 0 Å². The quantitative estimate of drug-likeness (QED) is 0.838. The highest BCUT2D eigenvalue weighted by Gasteiger charge is 2.43. The Hall–Kier alpha value is -1.01. The molecule has 2 atom stereocenters. The molecule has 1 heterocycles. The molecule has 0 aliphatic carbocycles. The number of rotatable bonds is 2. The fourth-order valence-electron chi connectivity index (χ4n) is 2.77. The van der Waals surface area contributed by atoms with Crippen molar-refractivity contribution in [2.75, 3.05) is 26.8 Å². The van der Waals surface area contributed by atoms with Crippen molar-refractivity contribution in [3.8, 4) is 0 Å². The van der Waals surface area contributed by atoms with Gasteiger partial charge < -0.3 is 19.5 Å². The molecule has 0 aromatic heterocycles. The first-order valence-corrected chi connectivity index (χ1v) is 8.45. The Morgan fingerprint density at radius 1 is 1.38 bits per heavy atom. The van der Waals surface area contributed by atoms with Crippen molar-refractivity contribution in [2.45, 2.75) is 32.5 Å². The maximum Gasteiger partial charge on any atom is 0.407 e. The molecule has 5 nitrogen and oxygen atoms in total. The van der Waals surface area contributed by atoms with Gasteiger partial charge in [-0.15, -0.1) is 0 Å². The molecule has 1 aliphatic heterocycles. The summed E-state index contributed by atoms with van der Waals surface area (Å²) < 4.78 is 11.8. The highest BCUT2D eigenvalue weighted by molar-refractivity contribution is 6.42. The lowest BCUT2D eigenvalue weighted by molar-refractivity contribution is -0.101. The topological polar surface area (TPSA) is 59.0 Å². The van der Waals surface area contributed by atoms with Crippen LogP contribution in [0.3, 0.4) is 0 Å². The standard InChI is InChI=1S/C17H23Cl2NO4/c1-16(2,3)14-8-20(15(21)22)9-17(23-4,10-24-14)11-5-6-12(18)13(19)7-11/h5-7,14H,8-10H2,1-4H3,(H,21,22). The Labute approximate surface area is 152 Å². The van der Waals surface area contributed by atoms with Crippen molar-refractivity contribution < 1.29 is 19.4 Å². The van der Waals surface area contributed by atoms with Gasteiger partial charge in [0.2, 0.25) is 0 Å². The van der Waals surface area contributed by atoms with Crippen LogP contribution in [0.15, 0.2) is 18.2 Å². The van der Waals surface area contributed by atoms with Crippen LogP contribution in [-0.2, 0) is 15.1 Å². The summed E-state index contributed by atoms with van der Waals surface area (Å²) in [5.74, 6) is 0. The average Bonchev–Trinajstić information content (AvgIpc) is 2.70. The van der Waals surface area contributed by atoms with E-state index in [2.05, 4.69) is 0 Å². The van der Waals surface area contributed by atoms with Gasteiger partial charge in [0.15, 0.2) is 0 Å². The first-order chi connectivity index (χ1) is 11.1. The minimum Gasteiger partial charge on any atom is -0.465 e. The van der Waals surface area contributed by atoms with Gasteiger partial charge in [0, 0.05) is 7.11 Å². The van der Waals surface area contributed by atoms with Gasteiger partial charge in [0.25, 0.3) is 0 Å². The van der Waals surface area contributed by atoms with Crippen LogP contribution in [0, 0.1) is 5.41 Å². The molecular formula is C17H23Cl2NO4. The monoisotopic (exact) mass is 375 g/mol. The van der Waals surface area contributed by atoms with E-state index in [0.717, 1.165) is 5.56 Å². The summed E-state index contributed by atoms with van der Waals surface area (Å²) in [6.45, 7) is 6.74. The van der Waals surface area contributed by atoms with Gasteiger partial charge >= 0.3 is 6.09 Å². The lowest BCUT2D eigenvalue weighted by atomic mass is 9.89. The third-order valence-electron chi connectivity index (χ3n) is 4.42. The molecule has 1 N–H and O–H groups in total. The third kappa shape index (κ3) is 3.97. The number of carboxylic acid groups (broad SMARTS) is 1. The van der Waals surface area contributed by atoms with Gasteiger partial charge in [-0.25, -0.2) is 4.79 Å². The fourth-order valence-corrected chi connectivity index (χ4v) is 3.07. The molecule has 0 saturated carbocycles. The van der Waals surface area contributed by atoms with Gasteiger partial charge in [-0.3, -0.25) is 0 Å². The second-order valence-corrected chi connectivity index (χ2v) is 7.97. The number of benzene rings is 1. The maximum absolute atomic E-state index is 11.7. The van der Waals surface area contributed by atoms with Crippen LogP contribution >= 0.6 is 23.2 Å². The van der Waals surface area contributed by atoms with Crippen LogP contribution in [0.5, 0.6) is 0 Å². The largest absolute Gasteiger partial charge is 0.465 e. The number of ether oxygens (including phenoxy) is 2. The summed E-state index contributed by atoms with van der Waals surface area (Å²) in [5, 5.41) is 10.4. The highest BCUT2D eigenvalue weighted by atomic mass is 35.5. The SMILES string of the molecule is COC1(c2ccc(Cl)c(Cl)c2)COC(C(C)(C)C)CN(C(=O)O)C1. The van der Waals surface area contributed by atoms with E-state index in [1.807, 2.05) is 20.8 Å². The number of amides is 1. The zero-order chi connectivity index (χ0) is 18.1. The van der Waals surface area contributed by atoms with E-state index in [-0.39, 0.29) is 31.2 Å². The van der Waals surface area contributed by atoms with Crippen molar-refractivity contribution in [2.24, 2.45) is 5.41 Å². The summed E-state index contributed by atoms with van der Waals surface area (Å²) in [6, 6.07) is 5.17. The molecule has 1 aromatic rings. The second kappa shape index (κ2) is 7.08. The zero-order valence-electron chi connectivity index (χ0n) is 14.3. The summed E-state index contributed by atoms with van der Waals surface area (Å²) in [5.41, 5.74) is -0.401. The molecule has 1 saturated heterocycles. The Morgan fingerprint density at radius 2 is 2.04 bits per heavy atom. The predicted molar refractivity (Wildman–Crippen MR) is 93.9 cm³/mol. The molecule has 1 aliphatic rings. The number of carbonyl (C=O) groups is 1. The number of methoxy groups -OCH3 is 1. The number of hydrogen-bond donors (Lipinski definition) is 1. The van der Waals surface area contributed by atoms with Crippen molar-refractivity contribution in [3.63, 3.8) is 0 Å². The van der Waals surface area contributed by atoms with Crippen molar-refractivity contribution in [1.29, 1.82) is 0 Å². The minimum atomic E-state index is -1.00. The molecule has 1 amide bonds. The number of hydrogen-bond acceptors (Lipinski definition) is 3. The first kappa shape index (κ1) is 19.3. The maximum atomic E-state index is 11.7. The smallest absolute Gasteiger partial charge is 0.407 e. The summed E-state index contributed by atoms with van der Waals surface area (Å²) in [4.78, 5) is 13.0. The molecule has 134 valence electrons. The molecule has 0 spiro atoms. The molecule has 2 rings (SSSR count). The normalized spacial score (nSPS) is 25.4. The Morgan fingerprint density at radius 3 is 2.54 bits per heavy atom. The lowest BCUT2D eigenvalue weighted by Crippen LogP contribution is -2.46. The fraction of sp³-hybridized carbons (Fsp3) is 0.588. The summed E-state index contributed by atoms with van der Waals surface area (Å²) >= 11 is 12.1. The molecule has 2 unspecified atom stereocenters. The first-order valence-electron chi connectivity index (χ1n) is 7.69. The number of halogens is 2. The Kier molecular flexibility index (Phi) is 5.70. The molecule has 1 aromatic carbocycles. The van der Waals surface area contributed by atoms with Crippen LogP contribution in [0.4, 0.5) is 4.79 Å². The van der Waals surface area contributed by atoms with E-state index in [0.29, 0.717) is 10.0 Å². The number of nitrogens with zero attached hydrogens (tertiary/aromatic N) is 1. The predicted octanol–water partition coefficient (Wildman–Crippen LogP) is 4.26. The minimum absolute atomic E-state index is 0.156. The van der Waals surface area contributed by atoms with E-state index in [4.69, 9.17) is 32.7 Å². The van der Waals surface area contributed by atoms with Crippen LogP contribution in [-0.4, -0.2) is 49.0 Å². The Balaban J connectivity index is 2.44. The average molecular weight is 376 g/mol. The van der Waals surface area contributed by atoms with Crippen molar-refractivity contribution in [3.05, 3.63) is 33.8 Å². The van der Waals surface area contributed by atoms with Crippen LogP contribution in [0.1, 0.15) is 26.3 Å². The summed E-state index contributed by atoms with van der Waals surface area (Å²) in [6.07, 6.45) is -1.25. The third-order valence-corrected chi connectivity index (χ3v) is 5.16. The van der Waals surface area contributed by atoms with E-state index in [9.17, 15) is 9.90 Å². The Bertz CT molecular complexity index is 617. The van der Waals surface area contributed by atoms with Gasteiger partial charge in [0.05, 0.1) is 35.8 Å². The molecular weight excluding hydrogens is 353 g/mol. The van der Waals surface area contributed by atoms with Gasteiger partial charge in [-0.1, -0.05) is 50.0 Å². The molecule has 0 bridgehead atoms. The van der Waals surface area contributed by atoms with E-state index >= 15 is 0 Å². The van der Waals surface area contributed by atoms with Crippen LogP contribution in [0.2, 0.25) is 10.0 Å². The molecule has 1 fully saturated rings. The highest BCUT2D eigenvalue weighted by Crippen LogP contribution is 2.36. The van der Waals surface area contributed by atoms with Gasteiger partial charge in [0.1, 0.15) is 5.60 Å². The van der Waals surface area contributed by atoms with Crippen LogP contribution < -0.4 is 0 Å². The molecule has 0 radical (unpaired) electrons. The van der Waals surface area contributed by atoms with Crippen molar-refractivity contribution in [1.82, 2.24) is 4.90 Å². The lowest BCUT2D eigenvalue weighted by Gasteiger charge is -2.33. The molecule has 7 heteroatoms. The van der Waals surface area contributed by atoms with Crippen molar-refractivity contribution >= 4 is 29.3 Å². The zero-order valence-corrected chi connectivity index (χ0v) is 15.8. The van der Waals surface area contributed by atoms with Gasteiger partial charge in [-0.05, 0) is 23.1 Å². The second-order valence-electron chi connectivity index (χ2n) is 7.16. The van der Waals surface area contributed by atoms with Crippen LogP contribution in [0.25, 0.3) is 0 Å². The van der Waals surface area contributed by atoms with E-state index in [1.165, 1.54) is 4.90 Å². The van der Waals surface area contributed by atoms with E-state index < -0.39 is 11.7 Å². The summed E-state index contributed by atoms with van der Waals surface area (Å²) in [7, 11) is 1.54. The van der Waals surface area contributed by atoms with E-state index in [1.54, 1.807) is 25.3 Å². The molecule has 24 heavy (non-hydrogen) atoms.